The molecule has 0 aliphatic carbocycles. The van der Waals surface area contributed by atoms with E-state index < -0.39 is 0 Å². The maximum atomic E-state index is 14.2. The number of carbonyl (C=O) groups excluding carboxylic acids is 2. The zero-order valence-electron chi connectivity index (χ0n) is 24.1. The van der Waals surface area contributed by atoms with E-state index in [0.717, 1.165) is 71.6 Å². The fourth-order valence-corrected chi connectivity index (χ4v) is 6.15. The summed E-state index contributed by atoms with van der Waals surface area (Å²) in [5, 5.41) is 0. The molecule has 0 N–H and O–H groups in total. The number of unbranched alkanes of at least 4 members (excludes halogenated alkanes) is 2. The fraction of sp³-hybridized carbons (Fsp3) is 0.515. The highest BCUT2D eigenvalue weighted by atomic mass is 79.9. The summed E-state index contributed by atoms with van der Waals surface area (Å²) in [5.74, 6) is 3.26. The molecule has 210 valence electrons. The number of benzene rings is 1. The van der Waals surface area contributed by atoms with Crippen molar-refractivity contribution in [1.82, 2.24) is 4.90 Å². The summed E-state index contributed by atoms with van der Waals surface area (Å²) < 4.78 is 1.78. The third-order valence-corrected chi connectivity index (χ3v) is 8.66. The highest BCUT2D eigenvalue weighted by Crippen LogP contribution is 2.45. The van der Waals surface area contributed by atoms with Gasteiger partial charge in [0.05, 0.1) is 28.1 Å². The lowest BCUT2D eigenvalue weighted by molar-refractivity contribution is -0.124. The Morgan fingerprint density at radius 1 is 0.949 bits per heavy atom. The summed E-state index contributed by atoms with van der Waals surface area (Å²) in [7, 11) is 0. The first-order chi connectivity index (χ1) is 18.7. The van der Waals surface area contributed by atoms with Crippen molar-refractivity contribution in [2.45, 2.75) is 86.0 Å². The number of amides is 2. The van der Waals surface area contributed by atoms with Crippen LogP contribution in [-0.4, -0.2) is 29.8 Å². The maximum absolute atomic E-state index is 14.2. The standard InChI is InChI=1S/C33H42Br2N2O2/c1-7-12-14-23(9-3)20-36-28(18-22(6)34)26(11-5)30(32(36)38)31-27-17-16-25(35)19-29(27)37(33(31)39)21-24(10-4)15-13-8-2/h5,16-19,23-24H,7-10,12-15,20-21H2,1-4,6H3/b22-18+,31-30+. The van der Waals surface area contributed by atoms with Crippen molar-refractivity contribution in [1.29, 1.82) is 0 Å². The number of halogens is 2. The lowest BCUT2D eigenvalue weighted by atomic mass is 9.96. The van der Waals surface area contributed by atoms with Gasteiger partial charge in [0.25, 0.3) is 11.8 Å². The molecule has 2 aliphatic heterocycles. The summed E-state index contributed by atoms with van der Waals surface area (Å²) in [6.45, 7) is 11.9. The zero-order chi connectivity index (χ0) is 28.7. The predicted octanol–water partition coefficient (Wildman–Crippen LogP) is 9.01. The van der Waals surface area contributed by atoms with Crippen LogP contribution in [-0.2, 0) is 9.59 Å². The molecule has 2 heterocycles. The van der Waals surface area contributed by atoms with Gasteiger partial charge in [0.1, 0.15) is 0 Å². The Labute approximate surface area is 252 Å². The average molecular weight is 659 g/mol. The third kappa shape index (κ3) is 6.98. The van der Waals surface area contributed by atoms with Crippen molar-refractivity contribution in [2.24, 2.45) is 11.8 Å². The number of anilines is 1. The monoisotopic (exact) mass is 656 g/mol. The minimum Gasteiger partial charge on any atom is -0.307 e. The van der Waals surface area contributed by atoms with E-state index in [9.17, 15) is 9.59 Å². The van der Waals surface area contributed by atoms with Gasteiger partial charge in [0.2, 0.25) is 0 Å². The largest absolute Gasteiger partial charge is 0.307 e. The molecule has 0 radical (unpaired) electrons. The number of hydrogen-bond acceptors (Lipinski definition) is 2. The Morgan fingerprint density at radius 3 is 2.03 bits per heavy atom. The van der Waals surface area contributed by atoms with Crippen molar-refractivity contribution in [2.75, 3.05) is 18.0 Å². The van der Waals surface area contributed by atoms with Crippen LogP contribution in [0.4, 0.5) is 5.69 Å². The number of carbonyl (C=O) groups is 2. The van der Waals surface area contributed by atoms with E-state index in [4.69, 9.17) is 6.42 Å². The quantitative estimate of drug-likeness (QED) is 0.157. The minimum absolute atomic E-state index is 0.132. The van der Waals surface area contributed by atoms with Crippen molar-refractivity contribution in [3.8, 4) is 12.3 Å². The highest BCUT2D eigenvalue weighted by Gasteiger charge is 2.43. The number of hydrogen-bond donors (Lipinski definition) is 0. The van der Waals surface area contributed by atoms with E-state index in [2.05, 4.69) is 65.5 Å². The molecule has 4 nitrogen and oxygen atoms in total. The Morgan fingerprint density at radius 2 is 1.51 bits per heavy atom. The average Bonchev–Trinajstić information content (AvgIpc) is 3.31. The summed E-state index contributed by atoms with van der Waals surface area (Å²) in [5.41, 5.74) is 3.62. The molecule has 2 aliphatic rings. The van der Waals surface area contributed by atoms with Crippen LogP contribution in [0.5, 0.6) is 0 Å². The van der Waals surface area contributed by atoms with Crippen LogP contribution in [0.15, 0.2) is 50.1 Å². The van der Waals surface area contributed by atoms with Gasteiger partial charge in [0.15, 0.2) is 0 Å². The lowest BCUT2D eigenvalue weighted by Gasteiger charge is -2.25. The molecule has 2 unspecified atom stereocenters. The number of terminal acetylenes is 1. The SMILES string of the molecule is C#CC1=C(/C=C(\C)Br)N(CC(CC)CCCC)C(=O)/C1=C1/C(=O)N(CC(CC)CCCC)c2cc(Br)ccc21. The molecule has 2 amide bonds. The van der Waals surface area contributed by atoms with Crippen LogP contribution in [0.25, 0.3) is 5.57 Å². The summed E-state index contributed by atoms with van der Waals surface area (Å²) in [6, 6.07) is 5.87. The first-order valence-corrected chi connectivity index (χ1v) is 16.0. The van der Waals surface area contributed by atoms with Gasteiger partial charge < -0.3 is 9.80 Å². The Balaban J connectivity index is 2.18. The number of rotatable bonds is 13. The molecule has 0 saturated heterocycles. The van der Waals surface area contributed by atoms with Gasteiger partial charge in [-0.15, -0.1) is 6.42 Å². The van der Waals surface area contributed by atoms with Crippen LogP contribution < -0.4 is 4.90 Å². The topological polar surface area (TPSA) is 40.6 Å². The van der Waals surface area contributed by atoms with E-state index in [0.29, 0.717) is 47.3 Å². The number of nitrogens with zero attached hydrogens (tertiary/aromatic N) is 2. The lowest BCUT2D eigenvalue weighted by Crippen LogP contribution is -2.33. The van der Waals surface area contributed by atoms with Crippen molar-refractivity contribution in [3.63, 3.8) is 0 Å². The Kier molecular flexibility index (Phi) is 11.7. The first-order valence-electron chi connectivity index (χ1n) is 14.4. The molecule has 0 fully saturated rings. The molecule has 2 atom stereocenters. The molecule has 1 aromatic carbocycles. The Bertz CT molecular complexity index is 1220. The highest BCUT2D eigenvalue weighted by molar-refractivity contribution is 9.11. The van der Waals surface area contributed by atoms with Crippen LogP contribution in [0.2, 0.25) is 0 Å². The Hall–Kier alpha value is -2.10. The van der Waals surface area contributed by atoms with Gasteiger partial charge in [-0.3, -0.25) is 9.59 Å². The van der Waals surface area contributed by atoms with E-state index >= 15 is 0 Å². The van der Waals surface area contributed by atoms with Crippen molar-refractivity contribution in [3.05, 3.63) is 55.6 Å². The zero-order valence-corrected chi connectivity index (χ0v) is 27.3. The maximum Gasteiger partial charge on any atom is 0.260 e. The van der Waals surface area contributed by atoms with Gasteiger partial charge >= 0.3 is 0 Å². The third-order valence-electron chi connectivity index (χ3n) is 7.93. The van der Waals surface area contributed by atoms with Crippen molar-refractivity contribution >= 4 is 54.9 Å². The molecule has 0 bridgehead atoms. The molecule has 39 heavy (non-hydrogen) atoms. The van der Waals surface area contributed by atoms with Gasteiger partial charge in [-0.05, 0) is 54.3 Å². The fourth-order valence-electron chi connectivity index (χ4n) is 5.59. The van der Waals surface area contributed by atoms with Gasteiger partial charge in [0, 0.05) is 23.1 Å². The second-order valence-corrected chi connectivity index (χ2v) is 12.9. The predicted molar refractivity (Wildman–Crippen MR) is 170 cm³/mol. The minimum atomic E-state index is -0.171. The molecular formula is C33H42Br2N2O2. The number of fused-ring (bicyclic) bond motifs is 1. The molecule has 0 spiro atoms. The molecule has 6 heteroatoms. The normalized spacial score (nSPS) is 19.2. The van der Waals surface area contributed by atoms with E-state index in [1.165, 1.54) is 0 Å². The van der Waals surface area contributed by atoms with Crippen LogP contribution in [0.1, 0.15) is 91.5 Å². The summed E-state index contributed by atoms with van der Waals surface area (Å²) in [4.78, 5) is 32.1. The van der Waals surface area contributed by atoms with Crippen molar-refractivity contribution < 1.29 is 9.59 Å². The summed E-state index contributed by atoms with van der Waals surface area (Å²) in [6.07, 6.45) is 16.6. The van der Waals surface area contributed by atoms with Gasteiger partial charge in [-0.25, -0.2) is 0 Å². The van der Waals surface area contributed by atoms with Crippen LogP contribution in [0.3, 0.4) is 0 Å². The molecule has 0 aromatic heterocycles. The van der Waals surface area contributed by atoms with E-state index in [1.54, 1.807) is 0 Å². The van der Waals surface area contributed by atoms with Crippen LogP contribution >= 0.6 is 31.9 Å². The molecule has 3 rings (SSSR count). The second kappa shape index (κ2) is 14.5. The van der Waals surface area contributed by atoms with E-state index in [1.807, 2.05) is 41.0 Å². The second-order valence-electron chi connectivity index (χ2n) is 10.7. The van der Waals surface area contributed by atoms with E-state index in [-0.39, 0.29) is 11.8 Å². The van der Waals surface area contributed by atoms with Crippen LogP contribution in [0, 0.1) is 24.2 Å². The number of allylic oxidation sites excluding steroid dienone is 2. The van der Waals surface area contributed by atoms with Gasteiger partial charge in [-0.2, -0.15) is 0 Å². The molecule has 0 saturated carbocycles. The smallest absolute Gasteiger partial charge is 0.260 e. The molecule has 1 aromatic rings. The van der Waals surface area contributed by atoms with Gasteiger partial charge in [-0.1, -0.05) is 110 Å². The molecular weight excluding hydrogens is 616 g/mol. The summed E-state index contributed by atoms with van der Waals surface area (Å²) >= 11 is 7.15. The first kappa shape index (κ1) is 31.4.